The monoisotopic (exact) mass is 211 g/mol. The number of carbonyl (C=O) groups excluding carboxylic acids is 1. The first-order valence-corrected chi connectivity index (χ1v) is 4.03. The number of phenols is 1. The molecular formula is C10H7F2NO2. The fraction of sp³-hybridized carbons (Fsp3) is 0.200. The van der Waals surface area contributed by atoms with Crippen LogP contribution in [0, 0.1) is 11.3 Å². The highest BCUT2D eigenvalue weighted by Crippen LogP contribution is 2.29. The average molecular weight is 211 g/mol. The Labute approximate surface area is 84.6 Å². The molecule has 0 bridgehead atoms. The zero-order valence-electron chi connectivity index (χ0n) is 7.79. The molecule has 1 aromatic carbocycles. The molecule has 15 heavy (non-hydrogen) atoms. The first kappa shape index (κ1) is 11.1. The molecule has 5 heteroatoms. The maximum absolute atomic E-state index is 12.5. The fourth-order valence-electron chi connectivity index (χ4n) is 1.18. The quantitative estimate of drug-likeness (QED) is 0.764. The van der Waals surface area contributed by atoms with Gasteiger partial charge in [0.05, 0.1) is 5.56 Å². The summed E-state index contributed by atoms with van der Waals surface area (Å²) in [6, 6.07) is 3.33. The summed E-state index contributed by atoms with van der Waals surface area (Å²) in [7, 11) is 0. The van der Waals surface area contributed by atoms with Gasteiger partial charge in [-0.05, 0) is 19.1 Å². The van der Waals surface area contributed by atoms with Crippen molar-refractivity contribution >= 4 is 5.78 Å². The number of hydrogen-bond acceptors (Lipinski definition) is 3. The minimum absolute atomic E-state index is 0.190. The van der Waals surface area contributed by atoms with Crippen molar-refractivity contribution in [2.75, 3.05) is 0 Å². The van der Waals surface area contributed by atoms with Gasteiger partial charge in [-0.15, -0.1) is 0 Å². The molecular weight excluding hydrogens is 204 g/mol. The zero-order valence-corrected chi connectivity index (χ0v) is 7.79. The molecule has 1 aromatic rings. The summed E-state index contributed by atoms with van der Waals surface area (Å²) < 4.78 is 24.9. The maximum atomic E-state index is 12.5. The van der Waals surface area contributed by atoms with Crippen LogP contribution in [0.15, 0.2) is 12.1 Å². The van der Waals surface area contributed by atoms with Gasteiger partial charge in [-0.2, -0.15) is 5.26 Å². The molecule has 78 valence electrons. The van der Waals surface area contributed by atoms with Crippen LogP contribution in [0.5, 0.6) is 5.75 Å². The summed E-state index contributed by atoms with van der Waals surface area (Å²) in [6.07, 6.45) is -2.86. The highest BCUT2D eigenvalue weighted by Gasteiger charge is 2.18. The van der Waals surface area contributed by atoms with Gasteiger partial charge < -0.3 is 5.11 Å². The van der Waals surface area contributed by atoms with E-state index in [1.54, 1.807) is 6.07 Å². The van der Waals surface area contributed by atoms with Gasteiger partial charge in [0.15, 0.2) is 5.78 Å². The van der Waals surface area contributed by atoms with E-state index in [4.69, 9.17) is 5.26 Å². The Balaban J connectivity index is 3.47. The SMILES string of the molecule is CC(=O)c1cc(C#N)c(O)cc1C(F)F. The normalized spacial score (nSPS) is 10.1. The number of nitriles is 1. The Kier molecular flexibility index (Phi) is 3.00. The maximum Gasteiger partial charge on any atom is 0.264 e. The van der Waals surface area contributed by atoms with Gasteiger partial charge >= 0.3 is 0 Å². The van der Waals surface area contributed by atoms with E-state index in [-0.39, 0.29) is 11.1 Å². The van der Waals surface area contributed by atoms with Crippen molar-refractivity contribution in [3.63, 3.8) is 0 Å². The van der Waals surface area contributed by atoms with Crippen molar-refractivity contribution in [1.29, 1.82) is 5.26 Å². The van der Waals surface area contributed by atoms with Crippen LogP contribution in [0.1, 0.15) is 34.8 Å². The van der Waals surface area contributed by atoms with Crippen LogP contribution in [0.3, 0.4) is 0 Å². The number of ketones is 1. The Hall–Kier alpha value is -1.96. The van der Waals surface area contributed by atoms with Crippen LogP contribution in [-0.4, -0.2) is 10.9 Å². The van der Waals surface area contributed by atoms with Crippen LogP contribution >= 0.6 is 0 Å². The third kappa shape index (κ3) is 2.10. The Morgan fingerprint density at radius 3 is 2.53 bits per heavy atom. The molecule has 0 atom stereocenters. The number of carbonyl (C=O) groups is 1. The molecule has 0 unspecified atom stereocenters. The molecule has 0 aliphatic carbocycles. The zero-order chi connectivity index (χ0) is 11.6. The van der Waals surface area contributed by atoms with Crippen molar-refractivity contribution in [1.82, 2.24) is 0 Å². The van der Waals surface area contributed by atoms with Gasteiger partial charge in [-0.3, -0.25) is 4.79 Å². The van der Waals surface area contributed by atoms with E-state index in [9.17, 15) is 18.7 Å². The second kappa shape index (κ2) is 4.05. The Bertz CT molecular complexity index is 449. The molecule has 0 saturated carbocycles. The molecule has 0 heterocycles. The molecule has 0 aromatic heterocycles. The molecule has 3 nitrogen and oxygen atoms in total. The van der Waals surface area contributed by atoms with Crippen molar-refractivity contribution < 1.29 is 18.7 Å². The van der Waals surface area contributed by atoms with E-state index in [0.717, 1.165) is 19.1 Å². The van der Waals surface area contributed by atoms with E-state index in [0.29, 0.717) is 0 Å². The highest BCUT2D eigenvalue weighted by atomic mass is 19.3. The van der Waals surface area contributed by atoms with Gasteiger partial charge in [-0.1, -0.05) is 0 Å². The minimum Gasteiger partial charge on any atom is -0.507 e. The Morgan fingerprint density at radius 2 is 2.13 bits per heavy atom. The summed E-state index contributed by atoms with van der Waals surface area (Å²) in [5.74, 6) is -1.11. The second-order valence-electron chi connectivity index (χ2n) is 2.93. The predicted molar refractivity (Wildman–Crippen MR) is 47.8 cm³/mol. The Morgan fingerprint density at radius 1 is 1.53 bits per heavy atom. The first-order valence-electron chi connectivity index (χ1n) is 4.03. The molecule has 0 fully saturated rings. The average Bonchev–Trinajstić information content (AvgIpc) is 2.16. The van der Waals surface area contributed by atoms with Crippen LogP contribution in [0.25, 0.3) is 0 Å². The standard InChI is InChI=1S/C10H7F2NO2/c1-5(14)7-2-6(4-13)9(15)3-8(7)10(11)12/h2-3,10,15H,1H3. The van der Waals surface area contributed by atoms with Crippen molar-refractivity contribution in [3.05, 3.63) is 28.8 Å². The van der Waals surface area contributed by atoms with Crippen molar-refractivity contribution in [3.8, 4) is 11.8 Å². The van der Waals surface area contributed by atoms with Crippen LogP contribution in [0.4, 0.5) is 8.78 Å². The number of phenolic OH excluding ortho intramolecular Hbond substituents is 1. The largest absolute Gasteiger partial charge is 0.507 e. The lowest BCUT2D eigenvalue weighted by Gasteiger charge is -2.07. The second-order valence-corrected chi connectivity index (χ2v) is 2.93. The summed E-state index contributed by atoms with van der Waals surface area (Å²) in [5.41, 5.74) is -0.983. The summed E-state index contributed by atoms with van der Waals surface area (Å²) in [4.78, 5) is 11.0. The smallest absolute Gasteiger partial charge is 0.264 e. The van der Waals surface area contributed by atoms with E-state index in [1.807, 2.05) is 0 Å². The first-order chi connectivity index (χ1) is 6.97. The van der Waals surface area contributed by atoms with Gasteiger partial charge in [0.1, 0.15) is 11.8 Å². The number of benzene rings is 1. The van der Waals surface area contributed by atoms with Gasteiger partial charge in [0.2, 0.25) is 0 Å². The number of halogens is 2. The predicted octanol–water partition coefficient (Wildman–Crippen LogP) is 2.40. The van der Waals surface area contributed by atoms with Crippen LogP contribution in [0.2, 0.25) is 0 Å². The van der Waals surface area contributed by atoms with E-state index in [2.05, 4.69) is 0 Å². The lowest BCUT2D eigenvalue weighted by Crippen LogP contribution is -2.01. The molecule has 0 radical (unpaired) electrons. The van der Waals surface area contributed by atoms with Crippen molar-refractivity contribution in [2.45, 2.75) is 13.3 Å². The summed E-state index contributed by atoms with van der Waals surface area (Å²) in [5, 5.41) is 17.7. The van der Waals surface area contributed by atoms with E-state index < -0.39 is 23.5 Å². The minimum atomic E-state index is -2.86. The topological polar surface area (TPSA) is 61.1 Å². The molecule has 0 aliphatic rings. The number of aromatic hydroxyl groups is 1. The van der Waals surface area contributed by atoms with Crippen LogP contribution < -0.4 is 0 Å². The highest BCUT2D eigenvalue weighted by molar-refractivity contribution is 5.96. The van der Waals surface area contributed by atoms with Gasteiger partial charge in [0.25, 0.3) is 6.43 Å². The third-order valence-electron chi connectivity index (χ3n) is 1.90. The third-order valence-corrected chi connectivity index (χ3v) is 1.90. The fourth-order valence-corrected chi connectivity index (χ4v) is 1.18. The molecule has 0 saturated heterocycles. The summed E-state index contributed by atoms with van der Waals surface area (Å²) in [6.45, 7) is 1.12. The van der Waals surface area contributed by atoms with E-state index in [1.165, 1.54) is 0 Å². The summed E-state index contributed by atoms with van der Waals surface area (Å²) >= 11 is 0. The number of rotatable bonds is 2. The number of alkyl halides is 2. The number of Topliss-reactive ketones (excluding diaryl/α,β-unsaturated/α-hetero) is 1. The molecule has 0 aliphatic heterocycles. The number of nitrogens with zero attached hydrogens (tertiary/aromatic N) is 1. The van der Waals surface area contributed by atoms with Gasteiger partial charge in [0, 0.05) is 11.1 Å². The molecule has 1 N–H and O–H groups in total. The van der Waals surface area contributed by atoms with Gasteiger partial charge in [-0.25, -0.2) is 8.78 Å². The lowest BCUT2D eigenvalue weighted by atomic mass is 10.0. The number of hydrogen-bond donors (Lipinski definition) is 1. The van der Waals surface area contributed by atoms with Crippen molar-refractivity contribution in [2.24, 2.45) is 0 Å². The lowest BCUT2D eigenvalue weighted by molar-refractivity contribution is 0.0999. The molecule has 0 amide bonds. The molecule has 1 rings (SSSR count). The van der Waals surface area contributed by atoms with Crippen LogP contribution in [-0.2, 0) is 0 Å². The van der Waals surface area contributed by atoms with E-state index >= 15 is 0 Å². The molecule has 0 spiro atoms.